The zero-order chi connectivity index (χ0) is 22.0. The van der Waals surface area contributed by atoms with Gasteiger partial charge in [-0.25, -0.2) is 4.98 Å². The molecule has 1 aromatic heterocycles. The first kappa shape index (κ1) is 22.5. The third-order valence-electron chi connectivity index (χ3n) is 5.61. The largest absolute Gasteiger partial charge is 0.351 e. The maximum absolute atomic E-state index is 12.4. The van der Waals surface area contributed by atoms with E-state index in [-0.39, 0.29) is 5.91 Å². The van der Waals surface area contributed by atoms with E-state index in [1.165, 1.54) is 11.1 Å². The number of hydrogen-bond donors (Lipinski definition) is 1. The monoisotopic (exact) mass is 446 g/mol. The number of carbonyl (C=O) groups is 1. The SMILES string of the molecule is O=C(NCCSc1ccccn1)c1ccc(CN2CCN(Cc3ccccc3)CC2)cc1. The van der Waals surface area contributed by atoms with E-state index in [4.69, 9.17) is 0 Å². The minimum absolute atomic E-state index is 0.0207. The summed E-state index contributed by atoms with van der Waals surface area (Å²) in [5.74, 6) is 0.782. The zero-order valence-electron chi connectivity index (χ0n) is 18.3. The van der Waals surface area contributed by atoms with Gasteiger partial charge < -0.3 is 5.32 Å². The zero-order valence-corrected chi connectivity index (χ0v) is 19.1. The minimum atomic E-state index is -0.0207. The van der Waals surface area contributed by atoms with E-state index in [9.17, 15) is 4.79 Å². The van der Waals surface area contributed by atoms with Gasteiger partial charge in [-0.05, 0) is 35.4 Å². The number of carbonyl (C=O) groups excluding carboxylic acids is 1. The van der Waals surface area contributed by atoms with Crippen LogP contribution in [0.25, 0.3) is 0 Å². The van der Waals surface area contributed by atoms with E-state index in [0.29, 0.717) is 12.1 Å². The van der Waals surface area contributed by atoms with E-state index < -0.39 is 0 Å². The molecule has 1 saturated heterocycles. The second-order valence-corrected chi connectivity index (χ2v) is 9.12. The van der Waals surface area contributed by atoms with E-state index in [0.717, 1.165) is 50.0 Å². The van der Waals surface area contributed by atoms with Crippen LogP contribution >= 0.6 is 11.8 Å². The Balaban J connectivity index is 1.16. The average molecular weight is 447 g/mol. The Morgan fingerprint density at radius 3 is 2.06 bits per heavy atom. The quantitative estimate of drug-likeness (QED) is 0.399. The molecule has 166 valence electrons. The van der Waals surface area contributed by atoms with E-state index in [1.807, 2.05) is 30.3 Å². The number of benzene rings is 2. The molecule has 1 aliphatic heterocycles. The number of nitrogens with one attached hydrogen (secondary N) is 1. The number of nitrogens with zero attached hydrogens (tertiary/aromatic N) is 3. The Kier molecular flexibility index (Phi) is 8.31. The van der Waals surface area contributed by atoms with Crippen LogP contribution in [-0.4, -0.2) is 59.2 Å². The third kappa shape index (κ3) is 6.92. The molecule has 1 aliphatic rings. The Hall–Kier alpha value is -2.67. The third-order valence-corrected chi connectivity index (χ3v) is 6.56. The van der Waals surface area contributed by atoms with Gasteiger partial charge in [0, 0.05) is 63.3 Å². The smallest absolute Gasteiger partial charge is 0.251 e. The van der Waals surface area contributed by atoms with Crippen LogP contribution in [0.2, 0.25) is 0 Å². The molecule has 0 spiro atoms. The van der Waals surface area contributed by atoms with Gasteiger partial charge >= 0.3 is 0 Å². The van der Waals surface area contributed by atoms with Gasteiger partial charge in [-0.15, -0.1) is 11.8 Å². The van der Waals surface area contributed by atoms with Crippen molar-refractivity contribution in [3.8, 4) is 0 Å². The normalized spacial score (nSPS) is 14.9. The first-order chi connectivity index (χ1) is 15.8. The van der Waals surface area contributed by atoms with Crippen molar-refractivity contribution in [3.05, 3.63) is 95.7 Å². The van der Waals surface area contributed by atoms with Crippen LogP contribution in [0.4, 0.5) is 0 Å². The van der Waals surface area contributed by atoms with Gasteiger partial charge in [0.25, 0.3) is 5.91 Å². The molecule has 0 atom stereocenters. The molecule has 0 saturated carbocycles. The van der Waals surface area contributed by atoms with Crippen molar-refractivity contribution in [2.45, 2.75) is 18.1 Å². The highest BCUT2D eigenvalue weighted by atomic mass is 32.2. The summed E-state index contributed by atoms with van der Waals surface area (Å²) < 4.78 is 0. The number of rotatable bonds is 9. The molecule has 32 heavy (non-hydrogen) atoms. The van der Waals surface area contributed by atoms with Gasteiger partial charge in [0.05, 0.1) is 5.03 Å². The highest BCUT2D eigenvalue weighted by molar-refractivity contribution is 7.99. The number of piperazine rings is 1. The minimum Gasteiger partial charge on any atom is -0.351 e. The van der Waals surface area contributed by atoms with Crippen molar-refractivity contribution in [1.29, 1.82) is 0 Å². The van der Waals surface area contributed by atoms with Crippen LogP contribution in [0.15, 0.2) is 84.0 Å². The Bertz CT molecular complexity index is 958. The molecular weight excluding hydrogens is 416 g/mol. The molecule has 1 amide bonds. The first-order valence-electron chi connectivity index (χ1n) is 11.2. The van der Waals surface area contributed by atoms with Crippen LogP contribution in [0.5, 0.6) is 0 Å². The fraction of sp³-hybridized carbons (Fsp3) is 0.308. The molecule has 2 heterocycles. The topological polar surface area (TPSA) is 48.5 Å². The molecular formula is C26H30N4OS. The number of amides is 1. The van der Waals surface area contributed by atoms with Gasteiger partial charge in [-0.2, -0.15) is 0 Å². The van der Waals surface area contributed by atoms with Crippen LogP contribution in [0.3, 0.4) is 0 Å². The fourth-order valence-corrected chi connectivity index (χ4v) is 4.55. The fourth-order valence-electron chi connectivity index (χ4n) is 3.82. The van der Waals surface area contributed by atoms with Crippen molar-refractivity contribution >= 4 is 17.7 Å². The number of hydrogen-bond acceptors (Lipinski definition) is 5. The van der Waals surface area contributed by atoms with Crippen molar-refractivity contribution in [1.82, 2.24) is 20.1 Å². The summed E-state index contributed by atoms with van der Waals surface area (Å²) in [5.41, 5.74) is 3.35. The maximum Gasteiger partial charge on any atom is 0.251 e. The molecule has 0 unspecified atom stereocenters. The van der Waals surface area contributed by atoms with Crippen molar-refractivity contribution < 1.29 is 4.79 Å². The highest BCUT2D eigenvalue weighted by Crippen LogP contribution is 2.14. The highest BCUT2D eigenvalue weighted by Gasteiger charge is 2.17. The number of aromatic nitrogens is 1. The predicted octanol–water partition coefficient (Wildman–Crippen LogP) is 3.92. The van der Waals surface area contributed by atoms with Crippen LogP contribution in [0, 0.1) is 0 Å². The molecule has 0 aliphatic carbocycles. The van der Waals surface area contributed by atoms with E-state index in [1.54, 1.807) is 18.0 Å². The van der Waals surface area contributed by atoms with Gasteiger partial charge in [0.15, 0.2) is 0 Å². The maximum atomic E-state index is 12.4. The molecule has 0 bridgehead atoms. The second-order valence-electron chi connectivity index (χ2n) is 8.01. The molecule has 5 nitrogen and oxygen atoms in total. The van der Waals surface area contributed by atoms with E-state index >= 15 is 0 Å². The molecule has 6 heteroatoms. The summed E-state index contributed by atoms with van der Waals surface area (Å²) in [7, 11) is 0. The Morgan fingerprint density at radius 1 is 0.812 bits per heavy atom. The number of thioether (sulfide) groups is 1. The van der Waals surface area contributed by atoms with Gasteiger partial charge in [0.2, 0.25) is 0 Å². The van der Waals surface area contributed by atoms with Crippen molar-refractivity contribution in [3.63, 3.8) is 0 Å². The van der Waals surface area contributed by atoms with Gasteiger partial charge in [0.1, 0.15) is 0 Å². The van der Waals surface area contributed by atoms with E-state index in [2.05, 4.69) is 62.6 Å². The molecule has 2 aromatic carbocycles. The summed E-state index contributed by atoms with van der Waals surface area (Å²) in [6.45, 7) is 6.90. The molecule has 1 fully saturated rings. The molecule has 1 N–H and O–H groups in total. The van der Waals surface area contributed by atoms with Crippen LogP contribution < -0.4 is 5.32 Å². The lowest BCUT2D eigenvalue weighted by Crippen LogP contribution is -2.45. The number of pyridine rings is 1. The standard InChI is InChI=1S/C26H30N4OS/c31-26(28-14-19-32-25-8-4-5-13-27-25)24-11-9-23(10-12-24)21-30-17-15-29(16-18-30)20-22-6-2-1-3-7-22/h1-13H,14-21H2,(H,28,31). The summed E-state index contributed by atoms with van der Waals surface area (Å²) in [6.07, 6.45) is 1.78. The lowest BCUT2D eigenvalue weighted by atomic mass is 10.1. The summed E-state index contributed by atoms with van der Waals surface area (Å²) >= 11 is 1.65. The first-order valence-corrected chi connectivity index (χ1v) is 12.1. The van der Waals surface area contributed by atoms with Crippen molar-refractivity contribution in [2.24, 2.45) is 0 Å². The van der Waals surface area contributed by atoms with Crippen molar-refractivity contribution in [2.75, 3.05) is 38.5 Å². The van der Waals surface area contributed by atoms with Gasteiger partial charge in [-0.1, -0.05) is 48.5 Å². The predicted molar refractivity (Wildman–Crippen MR) is 131 cm³/mol. The second kappa shape index (κ2) is 11.8. The Labute approximate surface area is 194 Å². The summed E-state index contributed by atoms with van der Waals surface area (Å²) in [5, 5.41) is 3.97. The molecule has 3 aromatic rings. The van der Waals surface area contributed by atoms with Crippen LogP contribution in [0.1, 0.15) is 21.5 Å². The lowest BCUT2D eigenvalue weighted by Gasteiger charge is -2.34. The lowest BCUT2D eigenvalue weighted by molar-refractivity contribution is 0.0956. The molecule has 0 radical (unpaired) electrons. The average Bonchev–Trinajstić information content (AvgIpc) is 2.85. The molecule has 4 rings (SSSR count). The Morgan fingerprint density at radius 2 is 1.44 bits per heavy atom. The summed E-state index contributed by atoms with van der Waals surface area (Å²) in [4.78, 5) is 21.7. The van der Waals surface area contributed by atoms with Gasteiger partial charge in [-0.3, -0.25) is 14.6 Å². The van der Waals surface area contributed by atoms with Crippen LogP contribution in [-0.2, 0) is 13.1 Å². The summed E-state index contributed by atoms with van der Waals surface area (Å²) in [6, 6.07) is 24.6.